The van der Waals surface area contributed by atoms with Gasteiger partial charge in [-0.15, -0.1) is 0 Å². The van der Waals surface area contributed by atoms with E-state index in [1.807, 2.05) is 20.8 Å². The highest BCUT2D eigenvalue weighted by Gasteiger charge is 2.44. The Morgan fingerprint density at radius 3 is 2.58 bits per heavy atom. The fraction of sp³-hybridized carbons (Fsp3) is 0.500. The summed E-state index contributed by atoms with van der Waals surface area (Å²) in [5.41, 5.74) is 5.66. The molecule has 2 rings (SSSR count). The minimum atomic E-state index is -0.682. The summed E-state index contributed by atoms with van der Waals surface area (Å²) >= 11 is 0. The Morgan fingerprint density at radius 2 is 2.05 bits per heavy atom. The van der Waals surface area contributed by atoms with Crippen LogP contribution < -0.4 is 5.73 Å². The molecule has 1 fully saturated rings. The molecule has 19 heavy (non-hydrogen) atoms. The molecule has 0 spiro atoms. The van der Waals surface area contributed by atoms with Crippen LogP contribution in [0.3, 0.4) is 0 Å². The number of nitrogens with zero attached hydrogens (tertiary/aromatic N) is 1. The molecule has 0 aliphatic carbocycles. The normalized spacial score (nSPS) is 17.8. The van der Waals surface area contributed by atoms with Crippen LogP contribution in [-0.4, -0.2) is 29.7 Å². The lowest BCUT2D eigenvalue weighted by molar-refractivity contribution is -0.00892. The van der Waals surface area contributed by atoms with Gasteiger partial charge in [-0.1, -0.05) is 12.1 Å². The number of hydrogen-bond acceptors (Lipinski definition) is 3. The molecule has 1 aliphatic rings. The third-order valence-corrected chi connectivity index (χ3v) is 3.00. The van der Waals surface area contributed by atoms with Crippen LogP contribution in [0.5, 0.6) is 0 Å². The first-order valence-electron chi connectivity index (χ1n) is 6.22. The van der Waals surface area contributed by atoms with Gasteiger partial charge in [0.25, 0.3) is 0 Å². The number of rotatable bonds is 1. The summed E-state index contributed by atoms with van der Waals surface area (Å²) in [4.78, 5) is 13.3. The van der Waals surface area contributed by atoms with Crippen LogP contribution in [0.1, 0.15) is 26.3 Å². The minimum absolute atomic E-state index is 0.321. The molecule has 5 heteroatoms. The number of amides is 1. The second-order valence-corrected chi connectivity index (χ2v) is 6.00. The number of benzene rings is 1. The number of likely N-dealkylation sites (tertiary alicyclic amines) is 1. The molecule has 2 N–H and O–H groups in total. The zero-order valence-corrected chi connectivity index (χ0v) is 11.4. The number of carbonyl (C=O) groups excluding carboxylic acids is 1. The highest BCUT2D eigenvalue weighted by atomic mass is 19.1. The summed E-state index contributed by atoms with van der Waals surface area (Å²) in [5, 5.41) is 0. The third-order valence-electron chi connectivity index (χ3n) is 3.00. The van der Waals surface area contributed by atoms with E-state index in [1.54, 1.807) is 12.1 Å². The summed E-state index contributed by atoms with van der Waals surface area (Å²) in [5.74, 6) is -0.321. The number of ether oxygens (including phenoxy) is 1. The highest BCUT2D eigenvalue weighted by Crippen LogP contribution is 2.30. The molecule has 1 aliphatic heterocycles. The molecule has 0 bridgehead atoms. The molecule has 0 atom stereocenters. The zero-order valence-electron chi connectivity index (χ0n) is 11.4. The maximum Gasteiger partial charge on any atom is 0.410 e. The van der Waals surface area contributed by atoms with Crippen molar-refractivity contribution >= 4 is 6.09 Å². The second kappa shape index (κ2) is 4.49. The Hall–Kier alpha value is -1.62. The predicted octanol–water partition coefficient (Wildman–Crippen LogP) is 2.23. The van der Waals surface area contributed by atoms with Crippen molar-refractivity contribution in [3.63, 3.8) is 0 Å². The molecule has 0 aromatic heterocycles. The number of hydrogen-bond donors (Lipinski definition) is 1. The zero-order chi connectivity index (χ0) is 14.3. The van der Waals surface area contributed by atoms with E-state index in [1.165, 1.54) is 17.0 Å². The smallest absolute Gasteiger partial charge is 0.410 e. The van der Waals surface area contributed by atoms with Crippen LogP contribution in [0, 0.1) is 5.82 Å². The van der Waals surface area contributed by atoms with Gasteiger partial charge < -0.3 is 15.4 Å². The van der Waals surface area contributed by atoms with Gasteiger partial charge >= 0.3 is 6.09 Å². The summed E-state index contributed by atoms with van der Waals surface area (Å²) in [6.45, 7) is 6.11. The van der Waals surface area contributed by atoms with Gasteiger partial charge in [0.05, 0.1) is 5.54 Å². The SMILES string of the molecule is CC(C)(C)OC(=O)N1CC(N)(c2cccc(F)c2)C1. The van der Waals surface area contributed by atoms with Crippen molar-refractivity contribution in [2.75, 3.05) is 13.1 Å². The molecule has 0 radical (unpaired) electrons. The molecule has 1 saturated heterocycles. The van der Waals surface area contributed by atoms with Crippen LogP contribution in [0.2, 0.25) is 0 Å². The quantitative estimate of drug-likeness (QED) is 0.848. The van der Waals surface area contributed by atoms with Gasteiger partial charge in [0.2, 0.25) is 0 Å². The number of nitrogens with two attached hydrogens (primary N) is 1. The lowest BCUT2D eigenvalue weighted by Crippen LogP contribution is -2.66. The van der Waals surface area contributed by atoms with E-state index in [0.717, 1.165) is 0 Å². The monoisotopic (exact) mass is 266 g/mol. The van der Waals surface area contributed by atoms with Gasteiger partial charge in [-0.3, -0.25) is 0 Å². The fourth-order valence-electron chi connectivity index (χ4n) is 2.07. The van der Waals surface area contributed by atoms with Gasteiger partial charge in [0, 0.05) is 13.1 Å². The topological polar surface area (TPSA) is 55.6 Å². The van der Waals surface area contributed by atoms with Crippen LogP contribution in [0.4, 0.5) is 9.18 Å². The van der Waals surface area contributed by atoms with E-state index in [2.05, 4.69) is 0 Å². The van der Waals surface area contributed by atoms with Gasteiger partial charge in [-0.2, -0.15) is 0 Å². The van der Waals surface area contributed by atoms with E-state index in [9.17, 15) is 9.18 Å². The second-order valence-electron chi connectivity index (χ2n) is 6.00. The van der Waals surface area contributed by atoms with Crippen LogP contribution in [0.15, 0.2) is 24.3 Å². The van der Waals surface area contributed by atoms with E-state index in [4.69, 9.17) is 10.5 Å². The van der Waals surface area contributed by atoms with E-state index in [-0.39, 0.29) is 11.9 Å². The first kappa shape index (κ1) is 13.8. The average molecular weight is 266 g/mol. The maximum absolute atomic E-state index is 13.2. The molecule has 104 valence electrons. The van der Waals surface area contributed by atoms with Gasteiger partial charge in [-0.05, 0) is 38.5 Å². The molecule has 1 heterocycles. The summed E-state index contributed by atoms with van der Waals surface area (Å²) in [7, 11) is 0. The van der Waals surface area contributed by atoms with E-state index < -0.39 is 11.1 Å². The molecule has 0 unspecified atom stereocenters. The average Bonchev–Trinajstić information content (AvgIpc) is 2.22. The third kappa shape index (κ3) is 3.04. The Bertz CT molecular complexity index is 490. The Kier molecular flexibility index (Phi) is 3.26. The highest BCUT2D eigenvalue weighted by molar-refractivity contribution is 5.70. The van der Waals surface area contributed by atoms with Crippen LogP contribution in [-0.2, 0) is 10.3 Å². The first-order valence-corrected chi connectivity index (χ1v) is 6.22. The lowest BCUT2D eigenvalue weighted by Gasteiger charge is -2.47. The van der Waals surface area contributed by atoms with Crippen molar-refractivity contribution in [1.29, 1.82) is 0 Å². The van der Waals surface area contributed by atoms with Crippen molar-refractivity contribution in [2.45, 2.75) is 31.9 Å². The summed E-state index contributed by atoms with van der Waals surface area (Å²) in [6.07, 6.45) is -0.384. The van der Waals surface area contributed by atoms with E-state index in [0.29, 0.717) is 18.7 Å². The standard InChI is InChI=1S/C14H19FN2O2/c1-13(2,3)19-12(18)17-8-14(16,9-17)10-5-4-6-11(15)7-10/h4-7H,8-9,16H2,1-3H3. The van der Waals surface area contributed by atoms with Gasteiger partial charge in [0.15, 0.2) is 0 Å². The van der Waals surface area contributed by atoms with Crippen LogP contribution in [0.25, 0.3) is 0 Å². The molecule has 1 aromatic rings. The Labute approximate surface area is 112 Å². The molecular weight excluding hydrogens is 247 g/mol. The fourth-order valence-corrected chi connectivity index (χ4v) is 2.07. The van der Waals surface area contributed by atoms with Crippen molar-refractivity contribution in [1.82, 2.24) is 4.90 Å². The summed E-state index contributed by atoms with van der Waals surface area (Å²) < 4.78 is 18.4. The molecule has 0 saturated carbocycles. The number of halogens is 1. The molecule has 1 aromatic carbocycles. The van der Waals surface area contributed by atoms with Crippen molar-refractivity contribution in [3.05, 3.63) is 35.6 Å². The van der Waals surface area contributed by atoms with Crippen molar-refractivity contribution in [3.8, 4) is 0 Å². The summed E-state index contributed by atoms with van der Waals surface area (Å²) in [6, 6.07) is 6.18. The maximum atomic E-state index is 13.2. The lowest BCUT2D eigenvalue weighted by atomic mass is 9.84. The van der Waals surface area contributed by atoms with Gasteiger partial charge in [0.1, 0.15) is 11.4 Å². The van der Waals surface area contributed by atoms with E-state index >= 15 is 0 Å². The number of carbonyl (C=O) groups is 1. The Morgan fingerprint density at radius 1 is 1.42 bits per heavy atom. The first-order chi connectivity index (χ1) is 8.70. The largest absolute Gasteiger partial charge is 0.444 e. The Balaban J connectivity index is 2.00. The van der Waals surface area contributed by atoms with Gasteiger partial charge in [-0.25, -0.2) is 9.18 Å². The molecule has 1 amide bonds. The molecule has 4 nitrogen and oxygen atoms in total. The van der Waals surface area contributed by atoms with Crippen molar-refractivity contribution in [2.24, 2.45) is 5.73 Å². The predicted molar refractivity (Wildman–Crippen MR) is 70.1 cm³/mol. The minimum Gasteiger partial charge on any atom is -0.444 e. The molecular formula is C14H19FN2O2. The van der Waals surface area contributed by atoms with Crippen molar-refractivity contribution < 1.29 is 13.9 Å². The van der Waals surface area contributed by atoms with Crippen LogP contribution >= 0.6 is 0 Å².